The minimum Gasteiger partial charge on any atom is -0.477 e. The number of carboxylic acid groups (broad SMARTS) is 1. The molecule has 2 unspecified atom stereocenters. The van der Waals surface area contributed by atoms with Crippen molar-refractivity contribution >= 4 is 17.9 Å². The summed E-state index contributed by atoms with van der Waals surface area (Å²) in [6.45, 7) is 4.57. The molecule has 0 aliphatic carbocycles. The highest BCUT2D eigenvalue weighted by Crippen LogP contribution is 2.14. The van der Waals surface area contributed by atoms with Gasteiger partial charge < -0.3 is 23.8 Å². The zero-order chi connectivity index (χ0) is 40.0. The summed E-state index contributed by atoms with van der Waals surface area (Å²) in [6.07, 6.45) is 43.2. The highest BCUT2D eigenvalue weighted by molar-refractivity contribution is 5.72. The Morgan fingerprint density at radius 3 is 1.54 bits per heavy atom. The highest BCUT2D eigenvalue weighted by Gasteiger charge is 2.31. The Bertz CT molecular complexity index is 1030. The molecule has 0 saturated carbocycles. The van der Waals surface area contributed by atoms with Gasteiger partial charge in [-0.05, 0) is 51.4 Å². The van der Waals surface area contributed by atoms with Gasteiger partial charge in [-0.2, -0.15) is 0 Å². The zero-order valence-corrected chi connectivity index (χ0v) is 35.4. The van der Waals surface area contributed by atoms with E-state index >= 15 is 0 Å². The monoisotopic (exact) mass is 761 g/mol. The molecule has 1 N–H and O–H groups in total. The average Bonchev–Trinajstić information content (AvgIpc) is 3.12. The van der Waals surface area contributed by atoms with Gasteiger partial charge in [0, 0.05) is 19.3 Å². The summed E-state index contributed by atoms with van der Waals surface area (Å²) in [6, 6.07) is -0.612. The topological polar surface area (TPSA) is 99.1 Å². The van der Waals surface area contributed by atoms with Crippen molar-refractivity contribution in [1.29, 1.82) is 0 Å². The van der Waals surface area contributed by atoms with Crippen molar-refractivity contribution in [1.82, 2.24) is 0 Å². The second-order valence-electron chi connectivity index (χ2n) is 15.6. The van der Waals surface area contributed by atoms with Crippen LogP contribution < -0.4 is 0 Å². The van der Waals surface area contributed by atoms with Gasteiger partial charge in [0.25, 0.3) is 0 Å². The van der Waals surface area contributed by atoms with Crippen molar-refractivity contribution in [3.05, 3.63) is 48.6 Å². The molecule has 0 bridgehead atoms. The lowest BCUT2D eigenvalue weighted by atomic mass is 10.1. The van der Waals surface area contributed by atoms with Gasteiger partial charge in [0.05, 0.1) is 34.4 Å². The van der Waals surface area contributed by atoms with E-state index in [1.54, 1.807) is 0 Å². The molecular weight excluding hydrogens is 679 g/mol. The van der Waals surface area contributed by atoms with Crippen LogP contribution in [-0.2, 0) is 28.6 Å². The maximum Gasteiger partial charge on any atom is 0.362 e. The fraction of sp³-hybridized carbons (Fsp3) is 0.761. The minimum absolute atomic E-state index is 0.0529. The summed E-state index contributed by atoms with van der Waals surface area (Å²) in [5, 5.41) is 9.58. The number of quaternary nitrogens is 1. The van der Waals surface area contributed by atoms with Crippen LogP contribution in [0.25, 0.3) is 0 Å². The molecule has 0 amide bonds. The normalized spacial score (nSPS) is 13.4. The summed E-state index contributed by atoms with van der Waals surface area (Å²) in [5.74, 6) is -1.48. The molecule has 0 spiro atoms. The number of esters is 2. The largest absolute Gasteiger partial charge is 0.477 e. The van der Waals surface area contributed by atoms with Crippen LogP contribution in [0.2, 0.25) is 0 Å². The lowest BCUT2D eigenvalue weighted by molar-refractivity contribution is -0.887. The molecule has 0 aliphatic heterocycles. The quantitative estimate of drug-likeness (QED) is 0.0289. The predicted molar refractivity (Wildman–Crippen MR) is 224 cm³/mol. The van der Waals surface area contributed by atoms with Crippen LogP contribution in [0.5, 0.6) is 0 Å². The number of aliphatic carboxylic acids is 1. The molecule has 8 nitrogen and oxygen atoms in total. The first-order chi connectivity index (χ1) is 26.1. The molecule has 8 heteroatoms. The van der Waals surface area contributed by atoms with Crippen LogP contribution in [0.3, 0.4) is 0 Å². The third kappa shape index (κ3) is 35.0. The van der Waals surface area contributed by atoms with E-state index in [0.717, 1.165) is 64.2 Å². The number of carbonyl (C=O) groups excluding carboxylic acids is 2. The Morgan fingerprint density at radius 2 is 1.04 bits per heavy atom. The van der Waals surface area contributed by atoms with Gasteiger partial charge in [-0.1, -0.05) is 152 Å². The Labute approximate surface area is 331 Å². The second-order valence-corrected chi connectivity index (χ2v) is 15.6. The molecule has 0 radical (unpaired) electrons. The number of hydrogen-bond donors (Lipinski definition) is 1. The Morgan fingerprint density at radius 1 is 0.574 bits per heavy atom. The van der Waals surface area contributed by atoms with Crippen molar-refractivity contribution in [2.45, 2.75) is 187 Å². The van der Waals surface area contributed by atoms with E-state index in [1.165, 1.54) is 77.0 Å². The Kier molecular flexibility index (Phi) is 35.4. The summed E-state index contributed by atoms with van der Waals surface area (Å²) in [4.78, 5) is 36.8. The van der Waals surface area contributed by atoms with E-state index in [0.29, 0.717) is 19.3 Å². The molecule has 312 valence electrons. The number of unbranched alkanes of at least 4 members (excludes halogenated alkanes) is 16. The molecular formula is C46H82NO7+. The number of nitrogens with zero attached hydrogens (tertiary/aromatic N) is 1. The second kappa shape index (κ2) is 37.2. The number of carbonyl (C=O) groups is 3. The summed E-state index contributed by atoms with van der Waals surface area (Å²) in [7, 11) is 5.51. The van der Waals surface area contributed by atoms with Crippen molar-refractivity contribution < 1.29 is 38.2 Å². The Balaban J connectivity index is 4.14. The molecule has 0 aromatic rings. The van der Waals surface area contributed by atoms with Gasteiger partial charge in [-0.25, -0.2) is 4.79 Å². The summed E-state index contributed by atoms with van der Waals surface area (Å²) < 4.78 is 17.2. The third-order valence-corrected chi connectivity index (χ3v) is 9.49. The number of carboxylic acids is 1. The van der Waals surface area contributed by atoms with Crippen LogP contribution in [0.4, 0.5) is 0 Å². The molecule has 54 heavy (non-hydrogen) atoms. The van der Waals surface area contributed by atoms with Gasteiger partial charge in [-0.3, -0.25) is 9.59 Å². The van der Waals surface area contributed by atoms with Crippen LogP contribution in [0.15, 0.2) is 48.6 Å². The summed E-state index contributed by atoms with van der Waals surface area (Å²) >= 11 is 0. The van der Waals surface area contributed by atoms with Crippen molar-refractivity contribution in [3.63, 3.8) is 0 Å². The fourth-order valence-electron chi connectivity index (χ4n) is 6.14. The Hall–Kier alpha value is -2.71. The van der Waals surface area contributed by atoms with E-state index in [-0.39, 0.29) is 36.2 Å². The lowest BCUT2D eigenvalue weighted by Gasteiger charge is -2.31. The van der Waals surface area contributed by atoms with E-state index < -0.39 is 18.1 Å². The van der Waals surface area contributed by atoms with Crippen molar-refractivity contribution in [2.24, 2.45) is 0 Å². The van der Waals surface area contributed by atoms with E-state index in [9.17, 15) is 19.5 Å². The molecule has 2 atom stereocenters. The van der Waals surface area contributed by atoms with Crippen molar-refractivity contribution in [2.75, 3.05) is 41.0 Å². The number of allylic oxidation sites excluding steroid dienone is 8. The minimum atomic E-state index is -0.877. The smallest absolute Gasteiger partial charge is 0.362 e. The first-order valence-electron chi connectivity index (χ1n) is 21.7. The third-order valence-electron chi connectivity index (χ3n) is 9.49. The van der Waals surface area contributed by atoms with Gasteiger partial charge >= 0.3 is 17.9 Å². The van der Waals surface area contributed by atoms with Crippen molar-refractivity contribution in [3.8, 4) is 0 Å². The molecule has 0 rings (SSSR count). The fourth-order valence-corrected chi connectivity index (χ4v) is 6.14. The molecule has 0 aromatic heterocycles. The molecule has 0 saturated heterocycles. The molecule has 0 heterocycles. The standard InChI is InChI=1S/C46H81NO7/c1-6-8-10-12-14-15-16-17-18-19-20-21-22-23-24-25-26-27-28-29-31-32-34-36-44(48)53-41-42(40-52-39-38-43(46(50)51)47(3,4)5)54-45(49)37-35-33-30-13-11-9-7-2/h8,10,14-15,17-18,20-21,42-43H,6-7,9,11-13,16,19,22-41H2,1-5H3/p+1/b10-8+,15-14+,18-17+,21-20+. The molecule has 0 aliphatic rings. The average molecular weight is 761 g/mol. The summed E-state index contributed by atoms with van der Waals surface area (Å²) in [5.41, 5.74) is 0. The van der Waals surface area contributed by atoms with E-state index in [1.807, 2.05) is 21.1 Å². The lowest BCUT2D eigenvalue weighted by Crippen LogP contribution is -2.50. The van der Waals surface area contributed by atoms with Gasteiger partial charge in [0.15, 0.2) is 12.1 Å². The zero-order valence-electron chi connectivity index (χ0n) is 35.4. The van der Waals surface area contributed by atoms with Gasteiger partial charge in [-0.15, -0.1) is 0 Å². The first kappa shape index (κ1) is 51.3. The van der Waals surface area contributed by atoms with Crippen LogP contribution in [0, 0.1) is 0 Å². The number of ether oxygens (including phenoxy) is 3. The molecule has 0 aromatic carbocycles. The SMILES string of the molecule is CC/C=C/C/C=C/C/C=C/C/C=C/CCCCCCCCCCCCC(=O)OCC(COCCC(C(=O)O)[N+](C)(C)C)OC(=O)CCCCCCCCC. The first-order valence-corrected chi connectivity index (χ1v) is 21.7. The molecule has 0 fully saturated rings. The van der Waals surface area contributed by atoms with Gasteiger partial charge in [0.2, 0.25) is 0 Å². The van der Waals surface area contributed by atoms with Crippen LogP contribution in [-0.4, -0.2) is 80.6 Å². The van der Waals surface area contributed by atoms with E-state index in [4.69, 9.17) is 14.2 Å². The van der Waals surface area contributed by atoms with Crippen LogP contribution >= 0.6 is 0 Å². The van der Waals surface area contributed by atoms with E-state index in [2.05, 4.69) is 62.5 Å². The number of hydrogen-bond acceptors (Lipinski definition) is 6. The number of rotatable bonds is 38. The predicted octanol–water partition coefficient (Wildman–Crippen LogP) is 11.6. The van der Waals surface area contributed by atoms with Crippen LogP contribution in [0.1, 0.15) is 174 Å². The maximum atomic E-state index is 12.6. The van der Waals surface area contributed by atoms with Gasteiger partial charge in [0.1, 0.15) is 6.61 Å². The maximum absolute atomic E-state index is 12.6. The highest BCUT2D eigenvalue weighted by atomic mass is 16.6. The number of likely N-dealkylation sites (N-methyl/N-ethyl adjacent to an activating group) is 1.